The number of fused-ring (bicyclic) bond motifs is 2. The number of carboxylic acid groups (broad SMARTS) is 1. The van der Waals surface area contributed by atoms with Crippen LogP contribution in [0.4, 0.5) is 0 Å². The first-order chi connectivity index (χ1) is 18.2. The maximum atomic E-state index is 13.5. The molecule has 3 aromatic carbocycles. The number of aliphatic carboxylic acids is 1. The Kier molecular flexibility index (Phi) is 6.78. The molecular formula is C31H34N4O3. The summed E-state index contributed by atoms with van der Waals surface area (Å²) in [6, 6.07) is 14.3. The summed E-state index contributed by atoms with van der Waals surface area (Å²) in [5.74, 6) is -1.14. The molecule has 7 heteroatoms. The van der Waals surface area contributed by atoms with Crippen molar-refractivity contribution < 1.29 is 14.7 Å². The lowest BCUT2D eigenvalue weighted by Crippen LogP contribution is -2.36. The maximum absolute atomic E-state index is 13.5. The molecule has 1 atom stereocenters. The zero-order valence-electron chi connectivity index (χ0n) is 22.7. The number of hydrogen-bond donors (Lipinski definition) is 1. The van der Waals surface area contributed by atoms with Crippen LogP contribution in [-0.4, -0.2) is 43.4 Å². The molecular weight excluding hydrogens is 476 g/mol. The van der Waals surface area contributed by atoms with E-state index in [1.54, 1.807) is 0 Å². The van der Waals surface area contributed by atoms with Crippen molar-refractivity contribution in [3.05, 3.63) is 92.5 Å². The van der Waals surface area contributed by atoms with E-state index in [2.05, 4.69) is 28.5 Å². The van der Waals surface area contributed by atoms with Gasteiger partial charge in [0.2, 0.25) is 0 Å². The van der Waals surface area contributed by atoms with E-state index in [0.29, 0.717) is 13.1 Å². The van der Waals surface area contributed by atoms with Gasteiger partial charge in [-0.1, -0.05) is 41.1 Å². The Hall–Kier alpha value is -4.00. The van der Waals surface area contributed by atoms with Gasteiger partial charge in [-0.3, -0.25) is 9.59 Å². The van der Waals surface area contributed by atoms with Gasteiger partial charge in [0.05, 0.1) is 11.9 Å². The Bertz CT molecular complexity index is 1570. The predicted octanol–water partition coefficient (Wildman–Crippen LogP) is 5.49. The summed E-state index contributed by atoms with van der Waals surface area (Å²) in [5, 5.41) is 18.4. The Morgan fingerprint density at radius 3 is 2.53 bits per heavy atom. The third kappa shape index (κ3) is 4.57. The molecule has 0 spiro atoms. The number of nitrogens with zero attached hydrogens (tertiary/aromatic N) is 4. The summed E-state index contributed by atoms with van der Waals surface area (Å²) in [6.07, 6.45) is 0.747. The predicted molar refractivity (Wildman–Crippen MR) is 148 cm³/mol. The van der Waals surface area contributed by atoms with Crippen molar-refractivity contribution in [3.63, 3.8) is 0 Å². The quantitative estimate of drug-likeness (QED) is 0.371. The van der Waals surface area contributed by atoms with Gasteiger partial charge in [0.15, 0.2) is 0 Å². The van der Waals surface area contributed by atoms with Crippen LogP contribution in [0, 0.1) is 27.7 Å². The fourth-order valence-corrected chi connectivity index (χ4v) is 5.78. The first-order valence-electron chi connectivity index (χ1n) is 13.2. The van der Waals surface area contributed by atoms with Crippen LogP contribution in [-0.2, 0) is 24.3 Å². The van der Waals surface area contributed by atoms with Crippen LogP contribution in [0.1, 0.15) is 74.1 Å². The lowest BCUT2D eigenvalue weighted by atomic mass is 9.83. The van der Waals surface area contributed by atoms with Crippen LogP contribution in [0.5, 0.6) is 0 Å². The lowest BCUT2D eigenvalue weighted by molar-refractivity contribution is -0.137. The van der Waals surface area contributed by atoms with Crippen molar-refractivity contribution in [1.82, 2.24) is 19.9 Å². The van der Waals surface area contributed by atoms with Gasteiger partial charge in [0.25, 0.3) is 5.91 Å². The third-order valence-corrected chi connectivity index (χ3v) is 8.01. The van der Waals surface area contributed by atoms with Crippen molar-refractivity contribution in [2.45, 2.75) is 66.5 Å². The Balaban J connectivity index is 1.50. The molecule has 1 aromatic heterocycles. The van der Waals surface area contributed by atoms with Crippen LogP contribution >= 0.6 is 0 Å². The molecule has 196 valence electrons. The maximum Gasteiger partial charge on any atom is 0.304 e. The number of carbonyl (C=O) groups is 2. The summed E-state index contributed by atoms with van der Waals surface area (Å²) < 4.78 is 1.85. The average Bonchev–Trinajstić information content (AvgIpc) is 3.33. The van der Waals surface area contributed by atoms with E-state index >= 15 is 0 Å². The monoisotopic (exact) mass is 510 g/mol. The minimum atomic E-state index is -0.855. The van der Waals surface area contributed by atoms with Gasteiger partial charge >= 0.3 is 5.97 Å². The number of carbonyl (C=O) groups excluding carboxylic acids is 1. The van der Waals surface area contributed by atoms with E-state index in [9.17, 15) is 14.7 Å². The van der Waals surface area contributed by atoms with Crippen LogP contribution in [0.25, 0.3) is 11.0 Å². The number of carboxylic acids is 1. The van der Waals surface area contributed by atoms with Crippen LogP contribution in [0.3, 0.4) is 0 Å². The molecule has 5 rings (SSSR count). The number of aromatic nitrogens is 3. The second-order valence-electron chi connectivity index (χ2n) is 10.5. The molecule has 1 aliphatic heterocycles. The lowest BCUT2D eigenvalue weighted by Gasteiger charge is -2.31. The molecule has 1 unspecified atom stereocenters. The molecule has 0 bridgehead atoms. The van der Waals surface area contributed by atoms with Gasteiger partial charge in [-0.2, -0.15) is 0 Å². The minimum Gasteiger partial charge on any atom is -0.481 e. The normalized spacial score (nSPS) is 14.0. The largest absolute Gasteiger partial charge is 0.481 e. The minimum absolute atomic E-state index is 0.0303. The molecule has 4 aromatic rings. The van der Waals surface area contributed by atoms with Gasteiger partial charge < -0.3 is 10.0 Å². The van der Waals surface area contributed by atoms with Crippen LogP contribution in [0.2, 0.25) is 0 Å². The highest BCUT2D eigenvalue weighted by Gasteiger charge is 2.27. The van der Waals surface area contributed by atoms with Gasteiger partial charge in [-0.25, -0.2) is 4.68 Å². The van der Waals surface area contributed by atoms with Crippen molar-refractivity contribution in [3.8, 4) is 0 Å². The first kappa shape index (κ1) is 25.6. The summed E-state index contributed by atoms with van der Waals surface area (Å²) in [7, 11) is 0. The van der Waals surface area contributed by atoms with E-state index in [1.807, 2.05) is 68.5 Å². The molecule has 1 amide bonds. The number of rotatable bonds is 6. The van der Waals surface area contributed by atoms with E-state index in [0.717, 1.165) is 68.5 Å². The highest BCUT2D eigenvalue weighted by atomic mass is 16.4. The Morgan fingerprint density at radius 1 is 1.00 bits per heavy atom. The van der Waals surface area contributed by atoms with Gasteiger partial charge in [0.1, 0.15) is 5.52 Å². The SMILES string of the molecule is CCn1nnc2c(C)c(C(CC(=O)O)c3ccc4c(c3)CN(C(=O)c3cc(C)cc(C)c3C)CC4)ccc21. The summed E-state index contributed by atoms with van der Waals surface area (Å²) in [6.45, 7) is 12.0. The number of aryl methyl sites for hydroxylation is 4. The zero-order chi connectivity index (χ0) is 27.1. The van der Waals surface area contributed by atoms with Crippen molar-refractivity contribution in [2.24, 2.45) is 0 Å². The second kappa shape index (κ2) is 10.0. The molecule has 2 heterocycles. The molecule has 0 radical (unpaired) electrons. The highest BCUT2D eigenvalue weighted by Crippen LogP contribution is 2.35. The number of hydrogen-bond acceptors (Lipinski definition) is 4. The Labute approximate surface area is 223 Å². The van der Waals surface area contributed by atoms with E-state index in [-0.39, 0.29) is 18.2 Å². The first-order valence-corrected chi connectivity index (χ1v) is 13.2. The van der Waals surface area contributed by atoms with Gasteiger partial charge in [0, 0.05) is 31.1 Å². The summed E-state index contributed by atoms with van der Waals surface area (Å²) in [5.41, 5.74) is 10.9. The number of amides is 1. The summed E-state index contributed by atoms with van der Waals surface area (Å²) >= 11 is 0. The molecule has 0 saturated carbocycles. The van der Waals surface area contributed by atoms with Gasteiger partial charge in [-0.05, 0) is 92.1 Å². The molecule has 1 N–H and O–H groups in total. The molecule has 0 fully saturated rings. The number of benzene rings is 3. The fraction of sp³-hybridized carbons (Fsp3) is 0.355. The molecule has 38 heavy (non-hydrogen) atoms. The fourth-order valence-electron chi connectivity index (χ4n) is 5.78. The van der Waals surface area contributed by atoms with E-state index in [4.69, 9.17) is 0 Å². The standard InChI is InChI=1S/C31H34N4O3/c1-6-35-28-10-9-25(21(5)30(28)32-33-35)27(16-29(36)37)23-8-7-22-11-12-34(17-24(22)15-23)31(38)26-14-18(2)13-19(3)20(26)4/h7-10,13-15,27H,6,11-12,16-17H2,1-5H3,(H,36,37). The van der Waals surface area contributed by atoms with E-state index < -0.39 is 5.97 Å². The second-order valence-corrected chi connectivity index (χ2v) is 10.5. The third-order valence-electron chi connectivity index (χ3n) is 8.01. The molecule has 1 aliphatic rings. The molecule has 7 nitrogen and oxygen atoms in total. The molecule has 0 saturated heterocycles. The topological polar surface area (TPSA) is 88.3 Å². The Morgan fingerprint density at radius 2 is 1.79 bits per heavy atom. The smallest absolute Gasteiger partial charge is 0.304 e. The molecule has 0 aliphatic carbocycles. The van der Waals surface area contributed by atoms with Crippen molar-refractivity contribution >= 4 is 22.9 Å². The van der Waals surface area contributed by atoms with Crippen molar-refractivity contribution in [1.29, 1.82) is 0 Å². The van der Waals surface area contributed by atoms with Crippen LogP contribution in [0.15, 0.2) is 42.5 Å². The van der Waals surface area contributed by atoms with Crippen molar-refractivity contribution in [2.75, 3.05) is 6.54 Å². The van der Waals surface area contributed by atoms with Gasteiger partial charge in [-0.15, -0.1) is 5.10 Å². The average molecular weight is 511 g/mol. The summed E-state index contributed by atoms with van der Waals surface area (Å²) in [4.78, 5) is 27.4. The van der Waals surface area contributed by atoms with Crippen LogP contribution < -0.4 is 0 Å². The van der Waals surface area contributed by atoms with E-state index in [1.165, 1.54) is 5.56 Å². The highest BCUT2D eigenvalue weighted by molar-refractivity contribution is 5.96. The zero-order valence-corrected chi connectivity index (χ0v) is 22.7.